The molecule has 1 fully saturated rings. The summed E-state index contributed by atoms with van der Waals surface area (Å²) < 4.78 is 5.27. The van der Waals surface area contributed by atoms with Crippen molar-refractivity contribution in [1.82, 2.24) is 0 Å². The average Bonchev–Trinajstić information content (AvgIpc) is 1.90. The minimum absolute atomic E-state index is 0.344. The molecule has 0 bridgehead atoms. The normalized spacial score (nSPS) is 23.0. The lowest BCUT2D eigenvalue weighted by molar-refractivity contribution is 0.158. The largest absolute Gasteiger partial charge is 0.381 e. The van der Waals surface area contributed by atoms with Gasteiger partial charge >= 0.3 is 0 Å². The van der Waals surface area contributed by atoms with Crippen LogP contribution in [0, 0.1) is 0 Å². The highest BCUT2D eigenvalue weighted by Gasteiger charge is 2.15. The van der Waals surface area contributed by atoms with Crippen molar-refractivity contribution in [2.45, 2.75) is 19.5 Å². The van der Waals surface area contributed by atoms with E-state index in [9.17, 15) is 0 Å². The standard InChI is InChI=1S/C7H15OP/c1-7(2)9-5-3-8-4-6-9/h7H,3-6H2,1-2H3. The van der Waals surface area contributed by atoms with Gasteiger partial charge in [0.1, 0.15) is 0 Å². The molecule has 9 heavy (non-hydrogen) atoms. The van der Waals surface area contributed by atoms with Gasteiger partial charge in [0.05, 0.1) is 13.2 Å². The summed E-state index contributed by atoms with van der Waals surface area (Å²) in [6.07, 6.45) is 2.68. The van der Waals surface area contributed by atoms with Gasteiger partial charge in [-0.15, -0.1) is 0 Å². The quantitative estimate of drug-likeness (QED) is 0.513. The average molecular weight is 146 g/mol. The Balaban J connectivity index is 2.23. The van der Waals surface area contributed by atoms with Crippen LogP contribution in [-0.4, -0.2) is 31.2 Å². The molecule has 0 aliphatic carbocycles. The highest BCUT2D eigenvalue weighted by atomic mass is 31.1. The van der Waals surface area contributed by atoms with E-state index < -0.39 is 0 Å². The van der Waals surface area contributed by atoms with Crippen molar-refractivity contribution in [2.75, 3.05) is 25.5 Å². The molecule has 0 radical (unpaired) electrons. The molecule has 0 aromatic carbocycles. The van der Waals surface area contributed by atoms with Gasteiger partial charge in [0.15, 0.2) is 0 Å². The first kappa shape index (κ1) is 7.50. The molecule has 0 aromatic rings. The van der Waals surface area contributed by atoms with Gasteiger partial charge in [0.25, 0.3) is 0 Å². The van der Waals surface area contributed by atoms with Crippen molar-refractivity contribution in [3.63, 3.8) is 0 Å². The fourth-order valence-electron chi connectivity index (χ4n) is 1.09. The molecule has 2 heteroatoms. The minimum Gasteiger partial charge on any atom is -0.381 e. The fourth-order valence-corrected chi connectivity index (χ4v) is 3.08. The van der Waals surface area contributed by atoms with Gasteiger partial charge in [-0.2, -0.15) is 0 Å². The molecule has 0 amide bonds. The molecule has 1 nitrogen and oxygen atoms in total. The summed E-state index contributed by atoms with van der Waals surface area (Å²) in [6.45, 7) is 6.70. The number of hydrogen-bond acceptors (Lipinski definition) is 1. The van der Waals surface area contributed by atoms with Crippen LogP contribution in [-0.2, 0) is 4.74 Å². The van der Waals surface area contributed by atoms with E-state index in [2.05, 4.69) is 13.8 Å². The topological polar surface area (TPSA) is 9.23 Å². The predicted octanol–water partition coefficient (Wildman–Crippen LogP) is 1.91. The van der Waals surface area contributed by atoms with Crippen molar-refractivity contribution in [2.24, 2.45) is 0 Å². The zero-order chi connectivity index (χ0) is 6.69. The van der Waals surface area contributed by atoms with E-state index in [1.807, 2.05) is 0 Å². The van der Waals surface area contributed by atoms with Gasteiger partial charge in [-0.3, -0.25) is 0 Å². The molecule has 1 saturated heterocycles. The van der Waals surface area contributed by atoms with Crippen LogP contribution in [0.5, 0.6) is 0 Å². The molecule has 54 valence electrons. The smallest absolute Gasteiger partial charge is 0.0505 e. The Morgan fingerprint density at radius 1 is 1.22 bits per heavy atom. The molecule has 0 spiro atoms. The molecule has 0 atom stereocenters. The van der Waals surface area contributed by atoms with Crippen LogP contribution >= 0.6 is 7.92 Å². The van der Waals surface area contributed by atoms with Gasteiger partial charge in [0.2, 0.25) is 0 Å². The number of ether oxygens (including phenoxy) is 1. The molecule has 1 rings (SSSR count). The molecule has 1 aliphatic rings. The van der Waals surface area contributed by atoms with E-state index in [-0.39, 0.29) is 0 Å². The SMILES string of the molecule is CC(C)P1CCOCC1. The summed E-state index contributed by atoms with van der Waals surface area (Å²) >= 11 is 0. The first-order valence-electron chi connectivity index (χ1n) is 3.62. The van der Waals surface area contributed by atoms with Gasteiger partial charge in [0, 0.05) is 0 Å². The first-order valence-corrected chi connectivity index (χ1v) is 5.40. The Hall–Kier alpha value is 0.390. The second-order valence-corrected chi connectivity index (χ2v) is 5.85. The molecule has 1 heterocycles. The predicted molar refractivity (Wildman–Crippen MR) is 42.6 cm³/mol. The maximum atomic E-state index is 5.27. The zero-order valence-electron chi connectivity index (χ0n) is 6.26. The van der Waals surface area contributed by atoms with Crippen LogP contribution in [0.4, 0.5) is 0 Å². The van der Waals surface area contributed by atoms with Gasteiger partial charge < -0.3 is 4.74 Å². The Kier molecular flexibility index (Phi) is 2.94. The van der Waals surface area contributed by atoms with Crippen molar-refractivity contribution in [3.05, 3.63) is 0 Å². The van der Waals surface area contributed by atoms with Crippen LogP contribution in [0.2, 0.25) is 0 Å². The van der Waals surface area contributed by atoms with Crippen molar-refractivity contribution >= 4 is 7.92 Å². The lowest BCUT2D eigenvalue weighted by atomic mass is 10.6. The van der Waals surface area contributed by atoms with Gasteiger partial charge in [-0.25, -0.2) is 0 Å². The summed E-state index contributed by atoms with van der Waals surface area (Å²) in [5.41, 5.74) is 0.920. The summed E-state index contributed by atoms with van der Waals surface area (Å²) in [6, 6.07) is 0. The highest BCUT2D eigenvalue weighted by molar-refractivity contribution is 7.58. The molecule has 0 aromatic heterocycles. The molecular weight excluding hydrogens is 131 g/mol. The third-order valence-corrected chi connectivity index (χ3v) is 4.75. The molecular formula is C7H15OP. The Bertz CT molecular complexity index is 77.0. The maximum absolute atomic E-state index is 5.27. The van der Waals surface area contributed by atoms with Crippen LogP contribution < -0.4 is 0 Å². The van der Waals surface area contributed by atoms with Crippen molar-refractivity contribution in [3.8, 4) is 0 Å². The van der Waals surface area contributed by atoms with E-state index in [0.29, 0.717) is 7.92 Å². The van der Waals surface area contributed by atoms with Gasteiger partial charge in [-0.05, 0) is 18.0 Å². The fraction of sp³-hybridized carbons (Fsp3) is 1.00. The minimum atomic E-state index is 0.344. The van der Waals surface area contributed by atoms with Crippen LogP contribution in [0.25, 0.3) is 0 Å². The Morgan fingerprint density at radius 2 is 1.78 bits per heavy atom. The molecule has 0 N–H and O–H groups in total. The Labute approximate surface area is 58.5 Å². The molecule has 0 unspecified atom stereocenters. The second-order valence-electron chi connectivity index (χ2n) is 2.74. The summed E-state index contributed by atoms with van der Waals surface area (Å²) in [5.74, 6) is 0. The lowest BCUT2D eigenvalue weighted by Gasteiger charge is -2.25. The molecule has 1 aliphatic heterocycles. The maximum Gasteiger partial charge on any atom is 0.0505 e. The number of rotatable bonds is 1. The van der Waals surface area contributed by atoms with E-state index >= 15 is 0 Å². The van der Waals surface area contributed by atoms with Crippen molar-refractivity contribution in [1.29, 1.82) is 0 Å². The zero-order valence-corrected chi connectivity index (χ0v) is 7.16. The molecule has 0 saturated carbocycles. The highest BCUT2D eigenvalue weighted by Crippen LogP contribution is 2.41. The Morgan fingerprint density at radius 3 is 2.11 bits per heavy atom. The monoisotopic (exact) mass is 146 g/mol. The van der Waals surface area contributed by atoms with E-state index in [1.165, 1.54) is 12.3 Å². The number of hydrogen-bond donors (Lipinski definition) is 0. The van der Waals surface area contributed by atoms with Crippen LogP contribution in [0.3, 0.4) is 0 Å². The lowest BCUT2D eigenvalue weighted by Crippen LogP contribution is -2.16. The summed E-state index contributed by atoms with van der Waals surface area (Å²) in [4.78, 5) is 0. The van der Waals surface area contributed by atoms with Crippen LogP contribution in [0.15, 0.2) is 0 Å². The van der Waals surface area contributed by atoms with E-state index in [1.54, 1.807) is 0 Å². The first-order chi connectivity index (χ1) is 4.30. The third kappa shape index (κ3) is 2.23. The second kappa shape index (κ2) is 3.53. The summed E-state index contributed by atoms with van der Waals surface area (Å²) in [5, 5.41) is 0. The van der Waals surface area contributed by atoms with E-state index in [4.69, 9.17) is 4.74 Å². The third-order valence-electron chi connectivity index (χ3n) is 1.78. The van der Waals surface area contributed by atoms with Crippen LogP contribution in [0.1, 0.15) is 13.8 Å². The van der Waals surface area contributed by atoms with E-state index in [0.717, 1.165) is 18.9 Å². The van der Waals surface area contributed by atoms with Crippen molar-refractivity contribution < 1.29 is 4.74 Å². The van der Waals surface area contributed by atoms with Gasteiger partial charge in [-0.1, -0.05) is 21.8 Å². The summed E-state index contributed by atoms with van der Waals surface area (Å²) in [7, 11) is 0.344.